The second-order valence-corrected chi connectivity index (χ2v) is 9.91. The Balaban J connectivity index is 1.64. The molecule has 0 aliphatic carbocycles. The first kappa shape index (κ1) is 26.4. The summed E-state index contributed by atoms with van der Waals surface area (Å²) < 4.78 is 17.7. The van der Waals surface area contributed by atoms with Gasteiger partial charge in [0.25, 0.3) is 0 Å². The topological polar surface area (TPSA) is 77.9 Å². The van der Waals surface area contributed by atoms with E-state index in [1.165, 1.54) is 0 Å². The van der Waals surface area contributed by atoms with Crippen LogP contribution >= 0.6 is 23.4 Å². The summed E-state index contributed by atoms with van der Waals surface area (Å²) in [5.41, 5.74) is 2.19. The van der Waals surface area contributed by atoms with Crippen molar-refractivity contribution in [3.05, 3.63) is 94.0 Å². The van der Waals surface area contributed by atoms with Gasteiger partial charge in [-0.2, -0.15) is 0 Å². The number of fused-ring (bicyclic) bond motifs is 1. The molecule has 0 radical (unpaired) electrons. The van der Waals surface area contributed by atoms with Gasteiger partial charge in [-0.3, -0.25) is 4.98 Å². The van der Waals surface area contributed by atoms with Crippen LogP contribution < -0.4 is 14.2 Å². The summed E-state index contributed by atoms with van der Waals surface area (Å²) in [5.74, 6) is 0.890. The van der Waals surface area contributed by atoms with Crippen molar-refractivity contribution in [3.8, 4) is 17.2 Å². The lowest BCUT2D eigenvalue weighted by Gasteiger charge is -2.18. The summed E-state index contributed by atoms with van der Waals surface area (Å²) in [6.45, 7) is 4.10. The van der Waals surface area contributed by atoms with Crippen LogP contribution in [0.15, 0.2) is 82.7 Å². The SMILES string of the molecule is COc1ccc2ncc(COc3ccccc3C=C(Sc3ccc(Cl)cc3)C(=O)O)c(OC(C)C)c2c1. The van der Waals surface area contributed by atoms with E-state index in [1.807, 2.05) is 50.2 Å². The third kappa shape index (κ3) is 6.76. The molecule has 1 aromatic heterocycles. The van der Waals surface area contributed by atoms with Crippen molar-refractivity contribution >= 4 is 46.3 Å². The maximum atomic E-state index is 12.0. The molecule has 1 heterocycles. The molecule has 0 atom stereocenters. The Kier molecular flexibility index (Phi) is 8.58. The van der Waals surface area contributed by atoms with E-state index < -0.39 is 5.97 Å². The molecular formula is C29H26ClNO5S. The molecule has 0 unspecified atom stereocenters. The zero-order valence-corrected chi connectivity index (χ0v) is 22.2. The number of methoxy groups -OCH3 is 1. The number of carbonyl (C=O) groups is 1. The first-order chi connectivity index (χ1) is 17.8. The van der Waals surface area contributed by atoms with Gasteiger partial charge in [0.2, 0.25) is 0 Å². The van der Waals surface area contributed by atoms with Crippen LogP contribution in [0, 0.1) is 0 Å². The molecule has 6 nitrogen and oxygen atoms in total. The van der Waals surface area contributed by atoms with Gasteiger partial charge in [-0.15, -0.1) is 0 Å². The number of aliphatic carboxylic acids is 1. The molecule has 0 fully saturated rings. The van der Waals surface area contributed by atoms with E-state index >= 15 is 0 Å². The van der Waals surface area contributed by atoms with Crippen molar-refractivity contribution in [1.82, 2.24) is 4.98 Å². The van der Waals surface area contributed by atoms with Gasteiger partial charge < -0.3 is 19.3 Å². The van der Waals surface area contributed by atoms with Crippen molar-refractivity contribution < 1.29 is 24.1 Å². The first-order valence-corrected chi connectivity index (χ1v) is 12.8. The van der Waals surface area contributed by atoms with Crippen molar-refractivity contribution in [3.63, 3.8) is 0 Å². The van der Waals surface area contributed by atoms with E-state index in [2.05, 4.69) is 4.98 Å². The van der Waals surface area contributed by atoms with Gasteiger partial charge in [0.1, 0.15) is 23.9 Å². The Morgan fingerprint density at radius 2 is 1.86 bits per heavy atom. The number of hydrogen-bond donors (Lipinski definition) is 1. The van der Waals surface area contributed by atoms with Crippen LogP contribution in [0.25, 0.3) is 17.0 Å². The normalized spacial score (nSPS) is 11.5. The number of carboxylic acids is 1. The van der Waals surface area contributed by atoms with Crippen LogP contribution in [-0.2, 0) is 11.4 Å². The van der Waals surface area contributed by atoms with Crippen LogP contribution in [0.4, 0.5) is 0 Å². The molecule has 0 bridgehead atoms. The molecule has 1 N–H and O–H groups in total. The predicted molar refractivity (Wildman–Crippen MR) is 148 cm³/mol. The highest BCUT2D eigenvalue weighted by molar-refractivity contribution is 8.04. The van der Waals surface area contributed by atoms with E-state index in [1.54, 1.807) is 49.7 Å². The molecule has 190 valence electrons. The van der Waals surface area contributed by atoms with Crippen LogP contribution in [0.2, 0.25) is 5.02 Å². The number of nitrogens with zero attached hydrogens (tertiary/aromatic N) is 1. The number of thioether (sulfide) groups is 1. The van der Waals surface area contributed by atoms with Gasteiger partial charge in [0.15, 0.2) is 0 Å². The number of halogens is 1. The first-order valence-electron chi connectivity index (χ1n) is 11.6. The molecular weight excluding hydrogens is 510 g/mol. The highest BCUT2D eigenvalue weighted by Gasteiger charge is 2.16. The maximum Gasteiger partial charge on any atom is 0.342 e. The zero-order valence-electron chi connectivity index (χ0n) is 20.6. The van der Waals surface area contributed by atoms with Crippen molar-refractivity contribution in [2.75, 3.05) is 7.11 Å². The summed E-state index contributed by atoms with van der Waals surface area (Å²) in [5, 5.41) is 11.2. The maximum absolute atomic E-state index is 12.0. The smallest absolute Gasteiger partial charge is 0.342 e. The number of ether oxygens (including phenoxy) is 3. The number of rotatable bonds is 10. The number of hydrogen-bond acceptors (Lipinski definition) is 6. The molecule has 0 aliphatic heterocycles. The lowest BCUT2D eigenvalue weighted by atomic mass is 10.1. The molecule has 3 aromatic carbocycles. The largest absolute Gasteiger partial charge is 0.497 e. The summed E-state index contributed by atoms with van der Waals surface area (Å²) in [7, 11) is 1.62. The van der Waals surface area contributed by atoms with Crippen molar-refractivity contribution in [2.45, 2.75) is 31.5 Å². The average molecular weight is 536 g/mol. The number of pyridine rings is 1. The molecule has 4 rings (SSSR count). The highest BCUT2D eigenvalue weighted by atomic mass is 35.5. The van der Waals surface area contributed by atoms with Crippen molar-refractivity contribution in [1.29, 1.82) is 0 Å². The summed E-state index contributed by atoms with van der Waals surface area (Å²) in [4.78, 5) is 17.5. The van der Waals surface area contributed by atoms with Crippen molar-refractivity contribution in [2.24, 2.45) is 0 Å². The van der Waals surface area contributed by atoms with Crippen LogP contribution in [0.3, 0.4) is 0 Å². The molecule has 0 saturated carbocycles. The van der Waals surface area contributed by atoms with Gasteiger partial charge in [0.05, 0.1) is 29.2 Å². The standard InChI is InChI=1S/C29H26ClNO5S/c1-18(2)36-28-20(16-31-25-13-10-22(34-3)15-24(25)28)17-35-26-7-5-4-6-19(26)14-27(29(32)33)37-23-11-8-21(30)9-12-23/h4-16,18H,17H2,1-3H3,(H,32,33). The average Bonchev–Trinajstić information content (AvgIpc) is 2.89. The third-order valence-electron chi connectivity index (χ3n) is 5.29. The monoisotopic (exact) mass is 535 g/mol. The van der Waals surface area contributed by atoms with E-state index in [0.29, 0.717) is 27.8 Å². The fourth-order valence-electron chi connectivity index (χ4n) is 3.59. The minimum absolute atomic E-state index is 0.0613. The van der Waals surface area contributed by atoms with Crippen LogP contribution in [-0.4, -0.2) is 29.3 Å². The zero-order chi connectivity index (χ0) is 26.4. The number of carboxylic acid groups (broad SMARTS) is 1. The molecule has 0 aliphatic rings. The number of aromatic nitrogens is 1. The Morgan fingerprint density at radius 3 is 2.57 bits per heavy atom. The lowest BCUT2D eigenvalue weighted by Crippen LogP contribution is -2.10. The Hall–Kier alpha value is -3.68. The number of para-hydroxylation sites is 1. The Bertz CT molecular complexity index is 1440. The van der Waals surface area contributed by atoms with E-state index in [0.717, 1.165) is 33.1 Å². The summed E-state index contributed by atoms with van der Waals surface area (Å²) in [6, 6.07) is 20.0. The fraction of sp³-hybridized carbons (Fsp3) is 0.172. The summed E-state index contributed by atoms with van der Waals surface area (Å²) >= 11 is 7.10. The van der Waals surface area contributed by atoms with Crippen LogP contribution in [0.5, 0.6) is 17.2 Å². The quantitative estimate of drug-likeness (QED) is 0.166. The Labute approximate surface area is 224 Å². The molecule has 37 heavy (non-hydrogen) atoms. The molecule has 0 saturated heterocycles. The van der Waals surface area contributed by atoms with E-state index in [-0.39, 0.29) is 17.6 Å². The number of benzene rings is 3. The molecule has 8 heteroatoms. The van der Waals surface area contributed by atoms with E-state index in [4.69, 9.17) is 25.8 Å². The van der Waals surface area contributed by atoms with Gasteiger partial charge in [0, 0.05) is 27.1 Å². The van der Waals surface area contributed by atoms with Gasteiger partial charge in [-0.25, -0.2) is 4.79 Å². The minimum Gasteiger partial charge on any atom is -0.497 e. The molecule has 0 spiro atoms. The fourth-order valence-corrected chi connectivity index (χ4v) is 4.51. The Morgan fingerprint density at radius 1 is 1.11 bits per heavy atom. The molecule has 4 aromatic rings. The van der Waals surface area contributed by atoms with Gasteiger partial charge in [-0.1, -0.05) is 41.6 Å². The summed E-state index contributed by atoms with van der Waals surface area (Å²) in [6.07, 6.45) is 3.28. The van der Waals surface area contributed by atoms with Crippen LogP contribution in [0.1, 0.15) is 25.0 Å². The second-order valence-electron chi connectivity index (χ2n) is 8.36. The predicted octanol–water partition coefficient (Wildman–Crippen LogP) is 7.48. The van der Waals surface area contributed by atoms with Gasteiger partial charge >= 0.3 is 5.97 Å². The van der Waals surface area contributed by atoms with E-state index in [9.17, 15) is 9.90 Å². The minimum atomic E-state index is -1.03. The third-order valence-corrected chi connectivity index (χ3v) is 6.57. The molecule has 0 amide bonds. The highest BCUT2D eigenvalue weighted by Crippen LogP contribution is 2.34. The second kappa shape index (κ2) is 12.0. The van der Waals surface area contributed by atoms with Gasteiger partial charge in [-0.05, 0) is 68.5 Å². The lowest BCUT2D eigenvalue weighted by molar-refractivity contribution is -0.131.